The molecular formula is C16H19ClFN3. The van der Waals surface area contributed by atoms with E-state index in [-0.39, 0.29) is 5.82 Å². The second-order valence-corrected chi connectivity index (χ2v) is 5.41. The molecule has 0 atom stereocenters. The van der Waals surface area contributed by atoms with Crippen molar-refractivity contribution in [2.24, 2.45) is 0 Å². The lowest BCUT2D eigenvalue weighted by molar-refractivity contribution is 0.627. The molecule has 0 bridgehead atoms. The number of rotatable bonds is 6. The van der Waals surface area contributed by atoms with Gasteiger partial charge in [0.25, 0.3) is 0 Å². The summed E-state index contributed by atoms with van der Waals surface area (Å²) in [7, 11) is 0. The van der Waals surface area contributed by atoms with Gasteiger partial charge in [-0.25, -0.2) is 14.4 Å². The second-order valence-electron chi connectivity index (χ2n) is 5.01. The van der Waals surface area contributed by atoms with Crippen molar-refractivity contribution in [2.45, 2.75) is 33.2 Å². The van der Waals surface area contributed by atoms with E-state index < -0.39 is 0 Å². The first kappa shape index (κ1) is 15.9. The molecule has 1 aromatic carbocycles. The Labute approximate surface area is 129 Å². The highest BCUT2D eigenvalue weighted by Gasteiger charge is 2.07. The standard InChI is InChI=1S/C16H19ClFN3/c1-3-6-19-10-14-7-11(2)20-16(21-14)8-12-4-5-13(18)9-15(12)17/h4-5,7,9,19H,3,6,8,10H2,1-2H3. The molecular weight excluding hydrogens is 289 g/mol. The van der Waals surface area contributed by atoms with Crippen LogP contribution in [0.1, 0.15) is 36.1 Å². The highest BCUT2D eigenvalue weighted by atomic mass is 35.5. The normalized spacial score (nSPS) is 10.9. The minimum Gasteiger partial charge on any atom is -0.311 e. The summed E-state index contributed by atoms with van der Waals surface area (Å²) in [6, 6.07) is 6.37. The van der Waals surface area contributed by atoms with E-state index >= 15 is 0 Å². The summed E-state index contributed by atoms with van der Waals surface area (Å²) in [5.41, 5.74) is 2.71. The van der Waals surface area contributed by atoms with Gasteiger partial charge in [-0.1, -0.05) is 24.6 Å². The summed E-state index contributed by atoms with van der Waals surface area (Å²) in [5, 5.41) is 3.73. The van der Waals surface area contributed by atoms with Crippen LogP contribution in [0.3, 0.4) is 0 Å². The minimum atomic E-state index is -0.335. The zero-order valence-electron chi connectivity index (χ0n) is 12.3. The van der Waals surface area contributed by atoms with E-state index in [4.69, 9.17) is 11.6 Å². The molecule has 0 spiro atoms. The maximum Gasteiger partial charge on any atom is 0.133 e. The summed E-state index contributed by atoms with van der Waals surface area (Å²) in [6.45, 7) is 5.75. The van der Waals surface area contributed by atoms with Crippen LogP contribution in [0.15, 0.2) is 24.3 Å². The maximum absolute atomic E-state index is 13.1. The van der Waals surface area contributed by atoms with E-state index in [0.29, 0.717) is 17.3 Å². The van der Waals surface area contributed by atoms with E-state index in [1.807, 2.05) is 13.0 Å². The van der Waals surface area contributed by atoms with Crippen LogP contribution >= 0.6 is 11.6 Å². The third kappa shape index (κ3) is 4.76. The summed E-state index contributed by atoms with van der Waals surface area (Å²) in [4.78, 5) is 8.97. The Hall–Kier alpha value is -1.52. The lowest BCUT2D eigenvalue weighted by Crippen LogP contribution is -2.16. The molecule has 0 saturated heterocycles. The number of nitrogens with zero attached hydrogens (tertiary/aromatic N) is 2. The molecule has 2 aromatic rings. The monoisotopic (exact) mass is 307 g/mol. The van der Waals surface area contributed by atoms with Crippen LogP contribution in [-0.2, 0) is 13.0 Å². The summed E-state index contributed by atoms with van der Waals surface area (Å²) < 4.78 is 13.1. The molecule has 0 fully saturated rings. The molecule has 0 saturated carbocycles. The number of benzene rings is 1. The highest BCUT2D eigenvalue weighted by Crippen LogP contribution is 2.19. The number of hydrogen-bond donors (Lipinski definition) is 1. The van der Waals surface area contributed by atoms with Gasteiger partial charge in [0.1, 0.15) is 11.6 Å². The van der Waals surface area contributed by atoms with Crippen LogP contribution in [0, 0.1) is 12.7 Å². The van der Waals surface area contributed by atoms with Crippen molar-refractivity contribution >= 4 is 11.6 Å². The third-order valence-electron chi connectivity index (χ3n) is 3.05. The fourth-order valence-electron chi connectivity index (χ4n) is 2.10. The summed E-state index contributed by atoms with van der Waals surface area (Å²) in [5.74, 6) is 0.371. The van der Waals surface area contributed by atoms with Crippen molar-refractivity contribution in [1.82, 2.24) is 15.3 Å². The van der Waals surface area contributed by atoms with E-state index in [0.717, 1.165) is 36.5 Å². The lowest BCUT2D eigenvalue weighted by atomic mass is 10.1. The van der Waals surface area contributed by atoms with E-state index in [2.05, 4.69) is 22.2 Å². The van der Waals surface area contributed by atoms with Crippen LogP contribution < -0.4 is 5.32 Å². The molecule has 112 valence electrons. The van der Waals surface area contributed by atoms with E-state index in [1.54, 1.807) is 6.07 Å². The first-order chi connectivity index (χ1) is 10.1. The van der Waals surface area contributed by atoms with Crippen molar-refractivity contribution in [3.05, 3.63) is 57.9 Å². The number of hydrogen-bond acceptors (Lipinski definition) is 3. The van der Waals surface area contributed by atoms with Crippen molar-refractivity contribution in [1.29, 1.82) is 0 Å². The quantitative estimate of drug-likeness (QED) is 0.828. The largest absolute Gasteiger partial charge is 0.311 e. The first-order valence-electron chi connectivity index (χ1n) is 7.06. The van der Waals surface area contributed by atoms with Crippen LogP contribution in [-0.4, -0.2) is 16.5 Å². The van der Waals surface area contributed by atoms with Crippen molar-refractivity contribution in [3.63, 3.8) is 0 Å². The van der Waals surface area contributed by atoms with Gasteiger partial charge in [0.15, 0.2) is 0 Å². The van der Waals surface area contributed by atoms with Gasteiger partial charge in [0.05, 0.1) is 5.69 Å². The Kier molecular flexibility index (Phi) is 5.65. The predicted octanol–water partition coefficient (Wildman–Crippen LogP) is 3.67. The molecule has 2 rings (SSSR count). The van der Waals surface area contributed by atoms with Gasteiger partial charge in [-0.05, 0) is 43.7 Å². The van der Waals surface area contributed by atoms with Gasteiger partial charge < -0.3 is 5.32 Å². The van der Waals surface area contributed by atoms with Crippen molar-refractivity contribution < 1.29 is 4.39 Å². The topological polar surface area (TPSA) is 37.8 Å². The number of aromatic nitrogens is 2. The molecule has 0 amide bonds. The van der Waals surface area contributed by atoms with Gasteiger partial charge in [0, 0.05) is 23.7 Å². The predicted molar refractivity (Wildman–Crippen MR) is 83.0 cm³/mol. The van der Waals surface area contributed by atoms with Crippen molar-refractivity contribution in [2.75, 3.05) is 6.54 Å². The molecule has 21 heavy (non-hydrogen) atoms. The Balaban J connectivity index is 2.15. The molecule has 5 heteroatoms. The molecule has 0 aliphatic heterocycles. The van der Waals surface area contributed by atoms with Crippen molar-refractivity contribution in [3.8, 4) is 0 Å². The molecule has 1 heterocycles. The first-order valence-corrected chi connectivity index (χ1v) is 7.44. The molecule has 0 unspecified atom stereocenters. The van der Waals surface area contributed by atoms with Gasteiger partial charge >= 0.3 is 0 Å². The summed E-state index contributed by atoms with van der Waals surface area (Å²) in [6.07, 6.45) is 1.59. The average molecular weight is 308 g/mol. The van der Waals surface area contributed by atoms with E-state index in [9.17, 15) is 4.39 Å². The molecule has 1 N–H and O–H groups in total. The Bertz CT molecular complexity index is 616. The number of nitrogens with one attached hydrogen (secondary N) is 1. The molecule has 0 aliphatic rings. The Morgan fingerprint density at radius 1 is 1.24 bits per heavy atom. The van der Waals surface area contributed by atoms with E-state index in [1.165, 1.54) is 12.1 Å². The molecule has 0 aliphatic carbocycles. The Morgan fingerprint density at radius 3 is 2.76 bits per heavy atom. The fourth-order valence-corrected chi connectivity index (χ4v) is 2.33. The maximum atomic E-state index is 13.1. The minimum absolute atomic E-state index is 0.335. The van der Waals surface area contributed by atoms with Gasteiger partial charge in [-0.3, -0.25) is 0 Å². The fraction of sp³-hybridized carbons (Fsp3) is 0.375. The number of halogens is 2. The summed E-state index contributed by atoms with van der Waals surface area (Å²) >= 11 is 6.05. The Morgan fingerprint density at radius 2 is 2.05 bits per heavy atom. The van der Waals surface area contributed by atoms with Gasteiger partial charge in [-0.2, -0.15) is 0 Å². The second kappa shape index (κ2) is 7.48. The van der Waals surface area contributed by atoms with Gasteiger partial charge in [-0.15, -0.1) is 0 Å². The third-order valence-corrected chi connectivity index (χ3v) is 3.40. The van der Waals surface area contributed by atoms with Crippen LogP contribution in [0.25, 0.3) is 0 Å². The average Bonchev–Trinajstić information content (AvgIpc) is 2.42. The molecule has 1 aromatic heterocycles. The smallest absolute Gasteiger partial charge is 0.133 e. The lowest BCUT2D eigenvalue weighted by Gasteiger charge is -2.08. The molecule has 3 nitrogen and oxygen atoms in total. The SMILES string of the molecule is CCCNCc1cc(C)nc(Cc2ccc(F)cc2Cl)n1. The zero-order valence-corrected chi connectivity index (χ0v) is 13.0. The number of aryl methyl sites for hydroxylation is 1. The molecule has 0 radical (unpaired) electrons. The zero-order chi connectivity index (χ0) is 15.2. The van der Waals surface area contributed by atoms with Crippen LogP contribution in [0.4, 0.5) is 4.39 Å². The highest BCUT2D eigenvalue weighted by molar-refractivity contribution is 6.31. The van der Waals surface area contributed by atoms with Gasteiger partial charge in [0.2, 0.25) is 0 Å². The van der Waals surface area contributed by atoms with Crippen LogP contribution in [0.5, 0.6) is 0 Å². The van der Waals surface area contributed by atoms with Crippen LogP contribution in [0.2, 0.25) is 5.02 Å².